The molecule has 2 aromatic rings. The second kappa shape index (κ2) is 12.9. The summed E-state index contributed by atoms with van der Waals surface area (Å²) in [5.41, 5.74) is 1.89. The molecule has 0 saturated heterocycles. The van der Waals surface area contributed by atoms with Crippen LogP contribution in [0.3, 0.4) is 0 Å². The Balaban J connectivity index is 2.10. The lowest BCUT2D eigenvalue weighted by Crippen LogP contribution is -2.49. The Bertz CT molecular complexity index is 813. The predicted molar refractivity (Wildman–Crippen MR) is 127 cm³/mol. The Morgan fingerprint density at radius 1 is 1.03 bits per heavy atom. The Morgan fingerprint density at radius 3 is 2.30 bits per heavy atom. The van der Waals surface area contributed by atoms with Gasteiger partial charge in [0.15, 0.2) is 0 Å². The number of benzene rings is 2. The molecule has 0 saturated carbocycles. The molecule has 0 fully saturated rings. The summed E-state index contributed by atoms with van der Waals surface area (Å²) in [5.74, 6) is 1.28. The first-order valence-corrected chi connectivity index (χ1v) is 12.0. The number of nitrogens with zero attached hydrogens (tertiary/aromatic N) is 1. The van der Waals surface area contributed by atoms with Crippen LogP contribution >= 0.6 is 35.0 Å². The number of hydrogen-bond acceptors (Lipinski definition) is 3. The fraction of sp³-hybridized carbons (Fsp3) is 0.391. The first kappa shape index (κ1) is 24.6. The van der Waals surface area contributed by atoms with E-state index in [1.165, 1.54) is 5.56 Å². The van der Waals surface area contributed by atoms with Crippen LogP contribution in [-0.4, -0.2) is 35.1 Å². The first-order valence-electron chi connectivity index (χ1n) is 10.1. The zero-order valence-corrected chi connectivity index (χ0v) is 19.7. The molecule has 0 bridgehead atoms. The molecule has 0 radical (unpaired) electrons. The summed E-state index contributed by atoms with van der Waals surface area (Å²) in [4.78, 5) is 27.4. The molecule has 1 atom stereocenters. The number of nitrogens with one attached hydrogen (secondary N) is 1. The lowest BCUT2D eigenvalue weighted by molar-refractivity contribution is -0.141. The van der Waals surface area contributed by atoms with Crippen molar-refractivity contribution in [3.8, 4) is 0 Å². The van der Waals surface area contributed by atoms with Crippen LogP contribution in [0.1, 0.15) is 37.8 Å². The number of rotatable bonds is 11. The summed E-state index contributed by atoms with van der Waals surface area (Å²) in [6, 6.07) is 14.8. The van der Waals surface area contributed by atoms with Gasteiger partial charge < -0.3 is 10.2 Å². The topological polar surface area (TPSA) is 49.4 Å². The molecule has 0 aliphatic rings. The smallest absolute Gasteiger partial charge is 0.242 e. The highest BCUT2D eigenvalue weighted by Crippen LogP contribution is 2.27. The second-order valence-electron chi connectivity index (χ2n) is 6.83. The van der Waals surface area contributed by atoms with E-state index >= 15 is 0 Å². The number of thioether (sulfide) groups is 1. The molecular weight excluding hydrogens is 439 g/mol. The van der Waals surface area contributed by atoms with Gasteiger partial charge in [0.2, 0.25) is 11.8 Å². The maximum Gasteiger partial charge on any atom is 0.242 e. The molecule has 0 aromatic heterocycles. The van der Waals surface area contributed by atoms with Crippen molar-refractivity contribution in [3.63, 3.8) is 0 Å². The number of amides is 2. The monoisotopic (exact) mass is 466 g/mol. The summed E-state index contributed by atoms with van der Waals surface area (Å²) >= 11 is 14.4. The van der Waals surface area contributed by atoms with Gasteiger partial charge in [0.25, 0.3) is 0 Å². The van der Waals surface area contributed by atoms with Gasteiger partial charge in [-0.2, -0.15) is 11.8 Å². The van der Waals surface area contributed by atoms with Crippen molar-refractivity contribution in [2.24, 2.45) is 0 Å². The van der Waals surface area contributed by atoms with Crippen molar-refractivity contribution in [2.45, 2.75) is 45.0 Å². The Hall–Kier alpha value is -1.69. The molecule has 1 N–H and O–H groups in total. The van der Waals surface area contributed by atoms with E-state index in [4.69, 9.17) is 23.2 Å². The molecule has 0 aliphatic carbocycles. The first-order chi connectivity index (χ1) is 14.5. The molecule has 30 heavy (non-hydrogen) atoms. The van der Waals surface area contributed by atoms with E-state index in [1.807, 2.05) is 32.0 Å². The summed E-state index contributed by atoms with van der Waals surface area (Å²) in [6.07, 6.45) is 0.853. The number of halogens is 2. The average molecular weight is 467 g/mol. The van der Waals surface area contributed by atoms with Crippen molar-refractivity contribution in [2.75, 3.05) is 12.3 Å². The number of hydrogen-bond donors (Lipinski definition) is 1. The van der Waals surface area contributed by atoms with Gasteiger partial charge in [0, 0.05) is 46.6 Å². The molecule has 162 valence electrons. The lowest BCUT2D eigenvalue weighted by Gasteiger charge is -2.31. The van der Waals surface area contributed by atoms with Crippen LogP contribution in [-0.2, 0) is 21.9 Å². The van der Waals surface area contributed by atoms with Crippen LogP contribution in [0.25, 0.3) is 0 Å². The van der Waals surface area contributed by atoms with Crippen LogP contribution in [0, 0.1) is 0 Å². The molecule has 0 unspecified atom stereocenters. The van der Waals surface area contributed by atoms with E-state index in [9.17, 15) is 9.59 Å². The fourth-order valence-corrected chi connectivity index (χ4v) is 4.54. The molecule has 2 rings (SSSR count). The van der Waals surface area contributed by atoms with Gasteiger partial charge in [-0.1, -0.05) is 66.5 Å². The fourth-order valence-electron chi connectivity index (χ4n) is 3.13. The third-order valence-electron chi connectivity index (χ3n) is 4.70. The van der Waals surface area contributed by atoms with Gasteiger partial charge in [0.1, 0.15) is 6.04 Å². The average Bonchev–Trinajstić information content (AvgIpc) is 2.74. The highest BCUT2D eigenvalue weighted by atomic mass is 35.5. The lowest BCUT2D eigenvalue weighted by atomic mass is 10.1. The molecule has 2 aromatic carbocycles. The largest absolute Gasteiger partial charge is 0.355 e. The van der Waals surface area contributed by atoms with Gasteiger partial charge in [-0.25, -0.2) is 0 Å². The van der Waals surface area contributed by atoms with E-state index < -0.39 is 6.04 Å². The normalized spacial score (nSPS) is 11.7. The minimum Gasteiger partial charge on any atom is -0.355 e. The van der Waals surface area contributed by atoms with E-state index in [1.54, 1.807) is 34.9 Å². The molecule has 0 aliphatic heterocycles. The highest BCUT2D eigenvalue weighted by Gasteiger charge is 2.29. The van der Waals surface area contributed by atoms with Crippen molar-refractivity contribution in [1.29, 1.82) is 0 Å². The summed E-state index contributed by atoms with van der Waals surface area (Å²) in [5, 5.41) is 3.81. The van der Waals surface area contributed by atoms with E-state index in [-0.39, 0.29) is 18.4 Å². The minimum absolute atomic E-state index is 0.0790. The van der Waals surface area contributed by atoms with Crippen molar-refractivity contribution in [1.82, 2.24) is 10.2 Å². The van der Waals surface area contributed by atoms with Crippen molar-refractivity contribution >= 4 is 46.8 Å². The zero-order valence-electron chi connectivity index (χ0n) is 17.4. The number of carbonyl (C=O) groups excluding carboxylic acids is 2. The zero-order chi connectivity index (χ0) is 21.9. The molecular formula is C23H28Cl2N2O2S. The van der Waals surface area contributed by atoms with Gasteiger partial charge in [-0.05, 0) is 31.0 Å². The van der Waals surface area contributed by atoms with Crippen LogP contribution in [0.4, 0.5) is 0 Å². The third kappa shape index (κ3) is 7.22. The van der Waals surface area contributed by atoms with Gasteiger partial charge >= 0.3 is 0 Å². The van der Waals surface area contributed by atoms with Gasteiger partial charge in [0.05, 0.1) is 0 Å². The maximum atomic E-state index is 13.1. The predicted octanol–water partition coefficient (Wildman–Crippen LogP) is 5.56. The molecule has 0 heterocycles. The second-order valence-corrected chi connectivity index (χ2v) is 8.75. The van der Waals surface area contributed by atoms with Gasteiger partial charge in [-0.3, -0.25) is 9.59 Å². The standard InChI is InChI=1S/C23H28Cl2N2O2S/c1-3-21(23(29)26-4-2)27(15-18-19(24)11-8-12-20(18)25)22(28)13-14-30-16-17-9-6-5-7-10-17/h5-12,21H,3-4,13-16H2,1-2H3,(H,26,29)/t21-/m1/s1. The Labute approximate surface area is 193 Å². The van der Waals surface area contributed by atoms with Crippen LogP contribution in [0.15, 0.2) is 48.5 Å². The third-order valence-corrected chi connectivity index (χ3v) is 6.44. The number of likely N-dealkylation sites (N-methyl/N-ethyl adjacent to an activating group) is 1. The molecule has 4 nitrogen and oxygen atoms in total. The summed E-state index contributed by atoms with van der Waals surface area (Å²) in [7, 11) is 0. The van der Waals surface area contributed by atoms with Crippen LogP contribution in [0.5, 0.6) is 0 Å². The highest BCUT2D eigenvalue weighted by molar-refractivity contribution is 7.98. The van der Waals surface area contributed by atoms with E-state index in [0.717, 1.165) is 5.75 Å². The molecule has 7 heteroatoms. The molecule has 0 spiro atoms. The SMILES string of the molecule is CCNC(=O)[C@@H](CC)N(Cc1c(Cl)cccc1Cl)C(=O)CCSCc1ccccc1. The minimum atomic E-state index is -0.566. The Kier molecular flexibility index (Phi) is 10.6. The molecule has 2 amide bonds. The maximum absolute atomic E-state index is 13.1. The van der Waals surface area contributed by atoms with E-state index in [0.29, 0.717) is 40.7 Å². The van der Waals surface area contributed by atoms with Crippen molar-refractivity contribution < 1.29 is 9.59 Å². The van der Waals surface area contributed by atoms with Crippen LogP contribution in [0.2, 0.25) is 10.0 Å². The summed E-state index contributed by atoms with van der Waals surface area (Å²) in [6.45, 7) is 4.48. The van der Waals surface area contributed by atoms with E-state index in [2.05, 4.69) is 17.4 Å². The summed E-state index contributed by atoms with van der Waals surface area (Å²) < 4.78 is 0. The van der Waals surface area contributed by atoms with Crippen molar-refractivity contribution in [3.05, 3.63) is 69.7 Å². The quantitative estimate of drug-likeness (QED) is 0.440. The van der Waals surface area contributed by atoms with Gasteiger partial charge in [-0.15, -0.1) is 0 Å². The Morgan fingerprint density at radius 2 is 1.70 bits per heavy atom. The number of carbonyl (C=O) groups is 2. The van der Waals surface area contributed by atoms with Crippen LogP contribution < -0.4 is 5.32 Å².